The molecule has 0 aliphatic carbocycles. The van der Waals surface area contributed by atoms with Crippen molar-refractivity contribution in [2.45, 2.75) is 0 Å². The third-order valence-corrected chi connectivity index (χ3v) is 3.07. The quantitative estimate of drug-likeness (QED) is 0.824. The van der Waals surface area contributed by atoms with E-state index >= 15 is 0 Å². The second-order valence-electron chi connectivity index (χ2n) is 3.82. The van der Waals surface area contributed by atoms with Crippen molar-refractivity contribution >= 4 is 40.5 Å². The van der Waals surface area contributed by atoms with E-state index in [0.717, 1.165) is 6.07 Å². The summed E-state index contributed by atoms with van der Waals surface area (Å²) in [6, 6.07) is 8.45. The van der Waals surface area contributed by atoms with Crippen LogP contribution >= 0.6 is 23.2 Å². The van der Waals surface area contributed by atoms with E-state index in [4.69, 9.17) is 28.9 Å². The predicted octanol–water partition coefficient (Wildman–Crippen LogP) is 3.97. The number of nitrogens with two attached hydrogens (primary N) is 1. The van der Waals surface area contributed by atoms with Crippen LogP contribution < -0.4 is 11.1 Å². The SMILES string of the molecule is Nc1cc(NC(=O)c2ccc(F)c(Cl)c2)ccc1Cl. The molecule has 0 bridgehead atoms. The molecule has 0 radical (unpaired) electrons. The molecule has 0 spiro atoms. The molecule has 98 valence electrons. The van der Waals surface area contributed by atoms with E-state index in [-0.39, 0.29) is 10.6 Å². The normalized spacial score (nSPS) is 10.3. The fraction of sp³-hybridized carbons (Fsp3) is 0. The second kappa shape index (κ2) is 5.47. The number of nitrogens with one attached hydrogen (secondary N) is 1. The van der Waals surface area contributed by atoms with E-state index in [2.05, 4.69) is 5.32 Å². The lowest BCUT2D eigenvalue weighted by Gasteiger charge is -2.07. The van der Waals surface area contributed by atoms with Crippen LogP contribution in [-0.2, 0) is 0 Å². The first-order chi connectivity index (χ1) is 8.97. The molecule has 0 aliphatic rings. The first kappa shape index (κ1) is 13.6. The van der Waals surface area contributed by atoms with Gasteiger partial charge < -0.3 is 11.1 Å². The molecule has 0 atom stereocenters. The molecule has 3 nitrogen and oxygen atoms in total. The Kier molecular flexibility index (Phi) is 3.93. The van der Waals surface area contributed by atoms with Crippen molar-refractivity contribution in [3.05, 3.63) is 57.8 Å². The van der Waals surface area contributed by atoms with Gasteiger partial charge in [0.1, 0.15) is 5.82 Å². The zero-order chi connectivity index (χ0) is 14.0. The predicted molar refractivity (Wildman–Crippen MR) is 75.2 cm³/mol. The van der Waals surface area contributed by atoms with Gasteiger partial charge in [-0.1, -0.05) is 23.2 Å². The second-order valence-corrected chi connectivity index (χ2v) is 4.63. The Labute approximate surface area is 119 Å². The van der Waals surface area contributed by atoms with Crippen LogP contribution in [0, 0.1) is 5.82 Å². The van der Waals surface area contributed by atoms with Crippen molar-refractivity contribution in [3.8, 4) is 0 Å². The van der Waals surface area contributed by atoms with Gasteiger partial charge in [-0.05, 0) is 36.4 Å². The summed E-state index contributed by atoms with van der Waals surface area (Å²) in [5.74, 6) is -0.988. The minimum absolute atomic E-state index is 0.108. The molecule has 0 fully saturated rings. The fourth-order valence-corrected chi connectivity index (χ4v) is 1.76. The Morgan fingerprint density at radius 2 is 1.84 bits per heavy atom. The van der Waals surface area contributed by atoms with E-state index in [1.54, 1.807) is 12.1 Å². The summed E-state index contributed by atoms with van der Waals surface area (Å²) in [7, 11) is 0. The standard InChI is InChI=1S/C13H9Cl2FN2O/c14-9-3-2-8(6-12(9)17)18-13(19)7-1-4-11(16)10(15)5-7/h1-6H,17H2,(H,18,19). The fourth-order valence-electron chi connectivity index (χ4n) is 1.46. The zero-order valence-electron chi connectivity index (χ0n) is 9.58. The highest BCUT2D eigenvalue weighted by Gasteiger charge is 2.09. The number of hydrogen-bond donors (Lipinski definition) is 2. The summed E-state index contributed by atoms with van der Waals surface area (Å²) in [6.45, 7) is 0. The van der Waals surface area contributed by atoms with Crippen LogP contribution in [-0.4, -0.2) is 5.91 Å². The molecule has 3 N–H and O–H groups in total. The molecule has 0 unspecified atom stereocenters. The third kappa shape index (κ3) is 3.16. The summed E-state index contributed by atoms with van der Waals surface area (Å²) < 4.78 is 13.0. The molecule has 1 amide bonds. The Balaban J connectivity index is 2.20. The Morgan fingerprint density at radius 3 is 2.47 bits per heavy atom. The van der Waals surface area contributed by atoms with Crippen LogP contribution in [0.15, 0.2) is 36.4 Å². The number of amides is 1. The van der Waals surface area contributed by atoms with Crippen molar-refractivity contribution in [1.82, 2.24) is 0 Å². The van der Waals surface area contributed by atoms with Gasteiger partial charge in [-0.3, -0.25) is 4.79 Å². The number of nitrogen functional groups attached to an aromatic ring is 1. The Bertz CT molecular complexity index is 647. The van der Waals surface area contributed by atoms with Crippen molar-refractivity contribution in [1.29, 1.82) is 0 Å². The van der Waals surface area contributed by atoms with Gasteiger partial charge in [0.2, 0.25) is 0 Å². The van der Waals surface area contributed by atoms with E-state index in [0.29, 0.717) is 16.4 Å². The molecule has 19 heavy (non-hydrogen) atoms. The summed E-state index contributed by atoms with van der Waals surface area (Å²) in [4.78, 5) is 11.9. The number of hydrogen-bond acceptors (Lipinski definition) is 2. The van der Waals surface area contributed by atoms with Crippen molar-refractivity contribution in [2.24, 2.45) is 0 Å². The van der Waals surface area contributed by atoms with Crippen molar-refractivity contribution in [2.75, 3.05) is 11.1 Å². The van der Waals surface area contributed by atoms with E-state index < -0.39 is 11.7 Å². The van der Waals surface area contributed by atoms with Crippen LogP contribution in [0.2, 0.25) is 10.0 Å². The molecule has 0 aromatic heterocycles. The summed E-state index contributed by atoms with van der Waals surface area (Å²) in [6.07, 6.45) is 0. The monoisotopic (exact) mass is 298 g/mol. The number of halogens is 3. The average molecular weight is 299 g/mol. The number of carbonyl (C=O) groups excluding carboxylic acids is 1. The molecule has 0 saturated carbocycles. The molecule has 2 rings (SSSR count). The van der Waals surface area contributed by atoms with Crippen LogP contribution in [0.3, 0.4) is 0 Å². The molecule has 6 heteroatoms. The van der Waals surface area contributed by atoms with Crippen LogP contribution in [0.4, 0.5) is 15.8 Å². The highest BCUT2D eigenvalue weighted by molar-refractivity contribution is 6.33. The lowest BCUT2D eigenvalue weighted by atomic mass is 10.2. The van der Waals surface area contributed by atoms with E-state index in [9.17, 15) is 9.18 Å². The molecular formula is C13H9Cl2FN2O. The number of carbonyl (C=O) groups is 1. The minimum atomic E-state index is -0.575. The topological polar surface area (TPSA) is 55.1 Å². The Hall–Kier alpha value is -1.78. The number of benzene rings is 2. The first-order valence-electron chi connectivity index (χ1n) is 5.29. The lowest BCUT2D eigenvalue weighted by Crippen LogP contribution is -2.12. The largest absolute Gasteiger partial charge is 0.397 e. The van der Waals surface area contributed by atoms with Crippen molar-refractivity contribution < 1.29 is 9.18 Å². The van der Waals surface area contributed by atoms with E-state index in [1.165, 1.54) is 18.2 Å². The molecule has 2 aromatic carbocycles. The molecular weight excluding hydrogens is 290 g/mol. The minimum Gasteiger partial charge on any atom is -0.397 e. The van der Waals surface area contributed by atoms with Crippen LogP contribution in [0.1, 0.15) is 10.4 Å². The van der Waals surface area contributed by atoms with Crippen LogP contribution in [0.25, 0.3) is 0 Å². The average Bonchev–Trinajstić information content (AvgIpc) is 2.37. The molecule has 2 aromatic rings. The summed E-state index contributed by atoms with van der Waals surface area (Å²) >= 11 is 11.4. The maximum absolute atomic E-state index is 13.0. The molecule has 0 saturated heterocycles. The van der Waals surface area contributed by atoms with Gasteiger partial charge in [0.05, 0.1) is 15.7 Å². The molecule has 0 heterocycles. The smallest absolute Gasteiger partial charge is 0.255 e. The maximum atomic E-state index is 13.0. The van der Waals surface area contributed by atoms with Gasteiger partial charge in [-0.25, -0.2) is 4.39 Å². The molecule has 0 aliphatic heterocycles. The van der Waals surface area contributed by atoms with Gasteiger partial charge in [0.25, 0.3) is 5.91 Å². The van der Waals surface area contributed by atoms with Gasteiger partial charge in [-0.2, -0.15) is 0 Å². The van der Waals surface area contributed by atoms with Gasteiger partial charge in [0.15, 0.2) is 0 Å². The van der Waals surface area contributed by atoms with Gasteiger partial charge >= 0.3 is 0 Å². The zero-order valence-corrected chi connectivity index (χ0v) is 11.1. The lowest BCUT2D eigenvalue weighted by molar-refractivity contribution is 0.102. The number of rotatable bonds is 2. The summed E-state index contributed by atoms with van der Waals surface area (Å²) in [5, 5.41) is 2.91. The third-order valence-electron chi connectivity index (χ3n) is 2.44. The van der Waals surface area contributed by atoms with Crippen molar-refractivity contribution in [3.63, 3.8) is 0 Å². The number of anilines is 2. The van der Waals surface area contributed by atoms with Gasteiger partial charge in [-0.15, -0.1) is 0 Å². The van der Waals surface area contributed by atoms with Gasteiger partial charge in [0, 0.05) is 11.3 Å². The highest BCUT2D eigenvalue weighted by Crippen LogP contribution is 2.23. The highest BCUT2D eigenvalue weighted by atomic mass is 35.5. The Morgan fingerprint density at radius 1 is 1.11 bits per heavy atom. The maximum Gasteiger partial charge on any atom is 0.255 e. The van der Waals surface area contributed by atoms with Crippen LogP contribution in [0.5, 0.6) is 0 Å². The van der Waals surface area contributed by atoms with E-state index in [1.807, 2.05) is 0 Å². The summed E-state index contributed by atoms with van der Waals surface area (Å²) in [5.41, 5.74) is 6.73. The first-order valence-corrected chi connectivity index (χ1v) is 6.04.